The average molecular weight is 490 g/mol. The lowest BCUT2D eigenvalue weighted by Crippen LogP contribution is -2.16. The normalized spacial score (nSPS) is 12.3. The van der Waals surface area contributed by atoms with Crippen LogP contribution >= 0.6 is 22.9 Å². The number of ether oxygens (including phenoxy) is 5. The Bertz CT molecular complexity index is 1180. The lowest BCUT2D eigenvalue weighted by Gasteiger charge is -2.21. The predicted molar refractivity (Wildman–Crippen MR) is 123 cm³/mol. The SMILES string of the molecule is COc1cc(NC(=O)c2cccs2)c(C(=O)OCc2cc(Cl)cc3c2OCOC3)cc1OC. The van der Waals surface area contributed by atoms with Crippen molar-refractivity contribution in [3.63, 3.8) is 0 Å². The molecule has 0 atom stereocenters. The first kappa shape index (κ1) is 22.9. The number of carbonyl (C=O) groups is 2. The van der Waals surface area contributed by atoms with E-state index in [4.69, 9.17) is 35.3 Å². The van der Waals surface area contributed by atoms with E-state index < -0.39 is 5.97 Å². The fraction of sp³-hybridized carbons (Fsp3) is 0.217. The Labute approximate surface area is 198 Å². The van der Waals surface area contributed by atoms with E-state index in [0.717, 1.165) is 5.56 Å². The molecule has 0 unspecified atom stereocenters. The van der Waals surface area contributed by atoms with E-state index in [9.17, 15) is 9.59 Å². The summed E-state index contributed by atoms with van der Waals surface area (Å²) in [5.74, 6) is 0.228. The first-order valence-electron chi connectivity index (χ1n) is 9.80. The molecule has 3 aromatic rings. The van der Waals surface area contributed by atoms with Gasteiger partial charge in [-0.3, -0.25) is 4.79 Å². The minimum atomic E-state index is -0.668. The summed E-state index contributed by atoms with van der Waals surface area (Å²) >= 11 is 7.47. The van der Waals surface area contributed by atoms with E-state index in [1.165, 1.54) is 37.7 Å². The fourth-order valence-corrected chi connectivity index (χ4v) is 4.21. The molecular formula is C23H20ClNO7S. The van der Waals surface area contributed by atoms with E-state index in [1.807, 2.05) is 0 Å². The van der Waals surface area contributed by atoms with Crippen molar-refractivity contribution in [1.82, 2.24) is 0 Å². The first-order valence-corrected chi connectivity index (χ1v) is 11.1. The molecule has 0 spiro atoms. The molecule has 10 heteroatoms. The second kappa shape index (κ2) is 10.1. The maximum atomic E-state index is 13.1. The van der Waals surface area contributed by atoms with Gasteiger partial charge in [-0.25, -0.2) is 4.79 Å². The van der Waals surface area contributed by atoms with Crippen LogP contribution in [0.5, 0.6) is 17.2 Å². The Balaban J connectivity index is 1.61. The summed E-state index contributed by atoms with van der Waals surface area (Å²) in [7, 11) is 2.92. The second-order valence-electron chi connectivity index (χ2n) is 6.92. The minimum absolute atomic E-state index is 0.0889. The number of fused-ring (bicyclic) bond motifs is 1. The van der Waals surface area contributed by atoms with Gasteiger partial charge in [0.25, 0.3) is 5.91 Å². The Hall–Kier alpha value is -3.27. The molecular weight excluding hydrogens is 470 g/mol. The first-order chi connectivity index (χ1) is 16.0. The van der Waals surface area contributed by atoms with Crippen LogP contribution in [-0.2, 0) is 22.7 Å². The summed E-state index contributed by atoms with van der Waals surface area (Å²) in [4.78, 5) is 26.2. The van der Waals surface area contributed by atoms with Gasteiger partial charge in [-0.1, -0.05) is 17.7 Å². The van der Waals surface area contributed by atoms with E-state index >= 15 is 0 Å². The molecule has 1 amide bonds. The van der Waals surface area contributed by atoms with Crippen molar-refractivity contribution in [2.45, 2.75) is 13.2 Å². The topological polar surface area (TPSA) is 92.3 Å². The molecule has 1 N–H and O–H groups in total. The number of benzene rings is 2. The van der Waals surface area contributed by atoms with Crippen LogP contribution in [0.4, 0.5) is 5.69 Å². The Kier molecular flexibility index (Phi) is 7.02. The molecule has 33 heavy (non-hydrogen) atoms. The molecule has 2 heterocycles. The Morgan fingerprint density at radius 3 is 2.67 bits per heavy atom. The predicted octanol–water partition coefficient (Wildman–Crippen LogP) is 4.89. The molecule has 1 aliphatic rings. The highest BCUT2D eigenvalue weighted by Gasteiger charge is 2.22. The third kappa shape index (κ3) is 5.05. The van der Waals surface area contributed by atoms with Gasteiger partial charge >= 0.3 is 5.97 Å². The summed E-state index contributed by atoms with van der Waals surface area (Å²) in [5.41, 5.74) is 1.72. The number of carbonyl (C=O) groups excluding carboxylic acids is 2. The quantitative estimate of drug-likeness (QED) is 0.472. The van der Waals surface area contributed by atoms with Gasteiger partial charge in [0.1, 0.15) is 12.4 Å². The van der Waals surface area contributed by atoms with Crippen molar-refractivity contribution >= 4 is 40.5 Å². The zero-order valence-electron chi connectivity index (χ0n) is 17.8. The monoisotopic (exact) mass is 489 g/mol. The number of rotatable bonds is 7. The molecule has 0 aliphatic carbocycles. The van der Waals surface area contributed by atoms with Gasteiger partial charge in [-0.2, -0.15) is 0 Å². The summed E-state index contributed by atoms with van der Waals surface area (Å²) in [6.45, 7) is 0.365. The van der Waals surface area contributed by atoms with E-state index in [0.29, 0.717) is 39.3 Å². The summed E-state index contributed by atoms with van der Waals surface area (Å²) < 4.78 is 27.0. The fourth-order valence-electron chi connectivity index (χ4n) is 3.33. The van der Waals surface area contributed by atoms with Gasteiger partial charge in [-0.05, 0) is 23.6 Å². The van der Waals surface area contributed by atoms with Gasteiger partial charge in [0.15, 0.2) is 18.3 Å². The minimum Gasteiger partial charge on any atom is -0.493 e. The highest BCUT2D eigenvalue weighted by molar-refractivity contribution is 7.12. The molecule has 2 aromatic carbocycles. The molecule has 4 rings (SSSR count). The van der Waals surface area contributed by atoms with Crippen LogP contribution in [0, 0.1) is 0 Å². The van der Waals surface area contributed by atoms with Crippen LogP contribution in [0.25, 0.3) is 0 Å². The highest BCUT2D eigenvalue weighted by Crippen LogP contribution is 2.35. The molecule has 0 saturated heterocycles. The van der Waals surface area contributed by atoms with Crippen LogP contribution in [0.15, 0.2) is 41.8 Å². The van der Waals surface area contributed by atoms with Crippen molar-refractivity contribution in [2.24, 2.45) is 0 Å². The zero-order chi connectivity index (χ0) is 23.4. The van der Waals surface area contributed by atoms with Crippen molar-refractivity contribution in [2.75, 3.05) is 26.3 Å². The number of anilines is 1. The maximum Gasteiger partial charge on any atom is 0.340 e. The van der Waals surface area contributed by atoms with Crippen molar-refractivity contribution in [3.05, 3.63) is 68.4 Å². The van der Waals surface area contributed by atoms with Crippen LogP contribution in [0.3, 0.4) is 0 Å². The van der Waals surface area contributed by atoms with Gasteiger partial charge in [0.05, 0.1) is 37.0 Å². The van der Waals surface area contributed by atoms with Crippen LogP contribution in [0.1, 0.15) is 31.2 Å². The number of hydrogen-bond donors (Lipinski definition) is 1. The highest BCUT2D eigenvalue weighted by atomic mass is 35.5. The summed E-state index contributed by atoms with van der Waals surface area (Å²) in [5, 5.41) is 5.01. The number of esters is 1. The second-order valence-corrected chi connectivity index (χ2v) is 8.31. The van der Waals surface area contributed by atoms with E-state index in [2.05, 4.69) is 5.32 Å². The van der Waals surface area contributed by atoms with E-state index in [-0.39, 0.29) is 30.6 Å². The van der Waals surface area contributed by atoms with E-state index in [1.54, 1.807) is 29.6 Å². The summed E-state index contributed by atoms with van der Waals surface area (Å²) in [6.07, 6.45) is 0. The molecule has 8 nitrogen and oxygen atoms in total. The smallest absolute Gasteiger partial charge is 0.340 e. The zero-order valence-corrected chi connectivity index (χ0v) is 19.4. The molecule has 0 bridgehead atoms. The maximum absolute atomic E-state index is 13.1. The molecule has 0 saturated carbocycles. The van der Waals surface area contributed by atoms with Crippen LogP contribution in [0.2, 0.25) is 5.02 Å². The molecule has 1 aliphatic heterocycles. The van der Waals surface area contributed by atoms with Gasteiger partial charge in [0.2, 0.25) is 0 Å². The molecule has 0 fully saturated rings. The Morgan fingerprint density at radius 1 is 1.15 bits per heavy atom. The molecule has 0 radical (unpaired) electrons. The molecule has 172 valence electrons. The van der Waals surface area contributed by atoms with Gasteiger partial charge < -0.3 is 29.0 Å². The number of amides is 1. The summed E-state index contributed by atoms with van der Waals surface area (Å²) in [6, 6.07) is 9.85. The van der Waals surface area contributed by atoms with Gasteiger partial charge in [-0.15, -0.1) is 11.3 Å². The average Bonchev–Trinajstić information content (AvgIpc) is 3.37. The third-order valence-corrected chi connectivity index (χ3v) is 5.93. The third-order valence-electron chi connectivity index (χ3n) is 4.85. The standard InChI is InChI=1S/C23H20ClNO7S/c1-28-18-8-16(17(9-19(18)29-2)25-22(26)20-4-3-5-33-20)23(27)31-11-14-7-15(24)6-13-10-30-12-32-21(13)14/h3-9H,10-12H2,1-2H3,(H,25,26). The van der Waals surface area contributed by atoms with Crippen molar-refractivity contribution in [1.29, 1.82) is 0 Å². The number of hydrogen-bond acceptors (Lipinski definition) is 8. The number of nitrogens with one attached hydrogen (secondary N) is 1. The Morgan fingerprint density at radius 2 is 1.94 bits per heavy atom. The van der Waals surface area contributed by atoms with Crippen LogP contribution in [-0.4, -0.2) is 32.9 Å². The lowest BCUT2D eigenvalue weighted by molar-refractivity contribution is -0.0180. The number of thiophene rings is 1. The molecule has 1 aromatic heterocycles. The van der Waals surface area contributed by atoms with Crippen molar-refractivity contribution in [3.8, 4) is 17.2 Å². The largest absolute Gasteiger partial charge is 0.493 e. The lowest BCUT2D eigenvalue weighted by atomic mass is 10.1. The number of halogens is 1. The van der Waals surface area contributed by atoms with Crippen molar-refractivity contribution < 1.29 is 33.3 Å². The van der Waals surface area contributed by atoms with Gasteiger partial charge in [0, 0.05) is 28.3 Å². The van der Waals surface area contributed by atoms with Crippen LogP contribution < -0.4 is 19.5 Å². The number of methoxy groups -OCH3 is 2.